The van der Waals surface area contributed by atoms with Gasteiger partial charge in [0.15, 0.2) is 0 Å². The van der Waals surface area contributed by atoms with Crippen molar-refractivity contribution >= 4 is 17.8 Å². The summed E-state index contributed by atoms with van der Waals surface area (Å²) in [5.74, 6) is 0. The molecule has 1 radical (unpaired) electrons. The lowest BCUT2D eigenvalue weighted by atomic mass is 10.6. The van der Waals surface area contributed by atoms with E-state index in [1.807, 2.05) is 12.3 Å². The summed E-state index contributed by atoms with van der Waals surface area (Å²) in [4.78, 5) is 13.7. The number of hydrogen-bond donors (Lipinski definition) is 0. The maximum atomic E-state index is 9.61. The van der Waals surface area contributed by atoms with E-state index in [0.29, 0.717) is 0 Å². The quantitative estimate of drug-likeness (QED) is 0.656. The fourth-order valence-electron chi connectivity index (χ4n) is 0.560. The summed E-state index contributed by atoms with van der Waals surface area (Å²) in [7, 11) is 0. The van der Waals surface area contributed by atoms with Crippen LogP contribution in [-0.2, 0) is 16.1 Å². The summed E-state index contributed by atoms with van der Waals surface area (Å²) < 4.78 is 4.38. The Bertz CT molecular complexity index is 221. The molecule has 0 bridgehead atoms. The number of hydrogen-bond acceptors (Lipinski definition) is 4. The second kappa shape index (κ2) is 3.31. The van der Waals surface area contributed by atoms with Crippen LogP contribution in [0.3, 0.4) is 0 Å². The molecule has 0 aromatic carbocycles. The van der Waals surface area contributed by atoms with Crippen LogP contribution in [0.4, 0.5) is 0 Å². The van der Waals surface area contributed by atoms with Crippen LogP contribution in [-0.4, -0.2) is 11.5 Å². The van der Waals surface area contributed by atoms with E-state index in [4.69, 9.17) is 0 Å². The predicted octanol–water partition coefficient (Wildman–Crippen LogP) is 1.04. The van der Waals surface area contributed by atoms with Gasteiger partial charge in [-0.25, -0.2) is 9.78 Å². The van der Waals surface area contributed by atoms with E-state index in [1.54, 1.807) is 0 Å². The van der Waals surface area contributed by atoms with Gasteiger partial charge in [-0.2, -0.15) is 0 Å². The second-order valence-electron chi connectivity index (χ2n) is 1.75. The zero-order chi connectivity index (χ0) is 7.40. The van der Waals surface area contributed by atoms with Crippen molar-refractivity contribution in [1.82, 2.24) is 4.98 Å². The Hall–Kier alpha value is -0.900. The lowest BCUT2D eigenvalue weighted by Gasteiger charge is -1.88. The first-order valence-electron chi connectivity index (χ1n) is 2.73. The van der Waals surface area contributed by atoms with Crippen LogP contribution < -0.4 is 0 Å². The Morgan fingerprint density at radius 2 is 2.70 bits per heavy atom. The van der Waals surface area contributed by atoms with Gasteiger partial charge in [0.25, 0.3) is 0 Å². The van der Waals surface area contributed by atoms with Crippen molar-refractivity contribution in [2.45, 2.75) is 13.5 Å². The van der Waals surface area contributed by atoms with Crippen LogP contribution in [0, 0.1) is 6.92 Å². The molecular formula is C6H6NO2S. The molecule has 0 saturated carbocycles. The molecule has 0 spiro atoms. The van der Waals surface area contributed by atoms with Crippen LogP contribution in [0.1, 0.15) is 10.7 Å². The van der Waals surface area contributed by atoms with Crippen molar-refractivity contribution < 1.29 is 9.53 Å². The topological polar surface area (TPSA) is 39.2 Å². The first-order chi connectivity index (χ1) is 4.83. The summed E-state index contributed by atoms with van der Waals surface area (Å²) in [5.41, 5.74) is 0.953. The predicted molar refractivity (Wildman–Crippen MR) is 37.3 cm³/mol. The van der Waals surface area contributed by atoms with E-state index in [-0.39, 0.29) is 6.61 Å². The molecule has 1 aromatic rings. The Morgan fingerprint density at radius 3 is 3.20 bits per heavy atom. The summed E-state index contributed by atoms with van der Waals surface area (Å²) >= 11 is 1.47. The van der Waals surface area contributed by atoms with Crippen LogP contribution >= 0.6 is 11.3 Å². The second-order valence-corrected chi connectivity index (χ2v) is 2.70. The van der Waals surface area contributed by atoms with Crippen molar-refractivity contribution in [2.75, 3.05) is 0 Å². The molecule has 0 amide bonds. The van der Waals surface area contributed by atoms with Crippen LogP contribution in [0.5, 0.6) is 0 Å². The van der Waals surface area contributed by atoms with E-state index in [0.717, 1.165) is 10.7 Å². The molecule has 0 unspecified atom stereocenters. The summed E-state index contributed by atoms with van der Waals surface area (Å²) in [6.07, 6.45) is 0. The van der Waals surface area contributed by atoms with Crippen molar-refractivity contribution in [3.05, 3.63) is 16.1 Å². The number of aryl methyl sites for hydroxylation is 1. The van der Waals surface area contributed by atoms with Gasteiger partial charge in [0.05, 0.1) is 0 Å². The molecule has 0 aliphatic carbocycles. The van der Waals surface area contributed by atoms with E-state index in [2.05, 4.69) is 9.72 Å². The summed E-state index contributed by atoms with van der Waals surface area (Å²) in [6, 6.07) is 0. The lowest BCUT2D eigenvalue weighted by molar-refractivity contribution is 0.266. The number of nitrogens with zero attached hydrogens (tertiary/aromatic N) is 1. The Balaban J connectivity index is 2.49. The Morgan fingerprint density at radius 1 is 1.90 bits per heavy atom. The van der Waals surface area contributed by atoms with Crippen LogP contribution in [0.25, 0.3) is 0 Å². The monoisotopic (exact) mass is 156 g/mol. The van der Waals surface area contributed by atoms with E-state index < -0.39 is 0 Å². The minimum Gasteiger partial charge on any atom is -0.450 e. The molecule has 0 saturated heterocycles. The van der Waals surface area contributed by atoms with Gasteiger partial charge in [0.1, 0.15) is 11.6 Å². The van der Waals surface area contributed by atoms with Crippen LogP contribution in [0.15, 0.2) is 5.38 Å². The molecule has 0 aliphatic heterocycles. The maximum absolute atomic E-state index is 9.61. The van der Waals surface area contributed by atoms with Gasteiger partial charge in [-0.3, -0.25) is 0 Å². The molecule has 1 aromatic heterocycles. The molecule has 4 heteroatoms. The van der Waals surface area contributed by atoms with Crippen molar-refractivity contribution in [3.63, 3.8) is 0 Å². The third-order valence-corrected chi connectivity index (χ3v) is 1.86. The molecule has 3 nitrogen and oxygen atoms in total. The molecule has 1 heterocycles. The number of thiazole rings is 1. The number of ether oxygens (including phenoxy) is 1. The first kappa shape index (κ1) is 7.21. The third kappa shape index (κ3) is 1.80. The highest BCUT2D eigenvalue weighted by Crippen LogP contribution is 2.08. The Kier molecular flexibility index (Phi) is 2.39. The minimum atomic E-state index is 0.238. The minimum absolute atomic E-state index is 0.238. The van der Waals surface area contributed by atoms with E-state index in [1.165, 1.54) is 17.8 Å². The number of aromatic nitrogens is 1. The molecular weight excluding hydrogens is 150 g/mol. The van der Waals surface area contributed by atoms with Gasteiger partial charge >= 0.3 is 6.47 Å². The average Bonchev–Trinajstić information content (AvgIpc) is 2.31. The van der Waals surface area contributed by atoms with E-state index >= 15 is 0 Å². The lowest BCUT2D eigenvalue weighted by Crippen LogP contribution is -1.88. The molecule has 53 valence electrons. The fraction of sp³-hybridized carbons (Fsp3) is 0.333. The van der Waals surface area contributed by atoms with Gasteiger partial charge in [-0.05, 0) is 6.92 Å². The van der Waals surface area contributed by atoms with Crippen molar-refractivity contribution in [1.29, 1.82) is 0 Å². The molecule has 1 rings (SSSR count). The largest absolute Gasteiger partial charge is 0.450 e. The van der Waals surface area contributed by atoms with Gasteiger partial charge in [0.2, 0.25) is 0 Å². The van der Waals surface area contributed by atoms with Gasteiger partial charge in [-0.1, -0.05) is 0 Å². The normalized spacial score (nSPS) is 9.30. The zero-order valence-electron chi connectivity index (χ0n) is 5.46. The highest BCUT2D eigenvalue weighted by Gasteiger charge is 1.96. The smallest absolute Gasteiger partial charge is 0.417 e. The van der Waals surface area contributed by atoms with Gasteiger partial charge in [0, 0.05) is 11.1 Å². The molecule has 0 N–H and O–H groups in total. The van der Waals surface area contributed by atoms with Crippen molar-refractivity contribution in [2.24, 2.45) is 0 Å². The fourth-order valence-corrected chi connectivity index (χ4v) is 1.24. The zero-order valence-corrected chi connectivity index (χ0v) is 6.27. The third-order valence-electron chi connectivity index (χ3n) is 0.921. The van der Waals surface area contributed by atoms with Gasteiger partial charge in [-0.15, -0.1) is 11.3 Å². The van der Waals surface area contributed by atoms with Crippen LogP contribution in [0.2, 0.25) is 0 Å². The molecule has 0 atom stereocenters. The molecule has 10 heavy (non-hydrogen) atoms. The maximum Gasteiger partial charge on any atom is 0.417 e. The summed E-state index contributed by atoms with van der Waals surface area (Å²) in [6.45, 7) is 3.47. The highest BCUT2D eigenvalue weighted by atomic mass is 32.1. The van der Waals surface area contributed by atoms with Gasteiger partial charge < -0.3 is 4.74 Å². The van der Waals surface area contributed by atoms with E-state index in [9.17, 15) is 4.79 Å². The SMILES string of the molecule is Cc1csc(CO[C]=O)n1. The average molecular weight is 156 g/mol. The Labute approximate surface area is 62.7 Å². The van der Waals surface area contributed by atoms with Crippen molar-refractivity contribution in [3.8, 4) is 0 Å². The molecule has 0 aliphatic rings. The number of carbonyl (C=O) groups excluding carboxylic acids is 1. The summed E-state index contributed by atoms with van der Waals surface area (Å²) in [5, 5.41) is 2.71. The standard InChI is InChI=1S/C6H6NO2S/c1-5-3-10-6(7-5)2-9-4-8/h3H,2H2,1H3. The first-order valence-corrected chi connectivity index (χ1v) is 3.61. The molecule has 0 fully saturated rings. The number of rotatable bonds is 3. The highest BCUT2D eigenvalue weighted by molar-refractivity contribution is 7.09.